The van der Waals surface area contributed by atoms with E-state index in [-0.39, 0.29) is 6.04 Å². The zero-order chi connectivity index (χ0) is 10.6. The highest BCUT2D eigenvalue weighted by atomic mass is 15.2. The van der Waals surface area contributed by atoms with E-state index in [1.165, 1.54) is 16.7 Å². The van der Waals surface area contributed by atoms with Gasteiger partial charge in [-0.15, -0.1) is 6.58 Å². The molecular weight excluding hydrogens is 172 g/mol. The van der Waals surface area contributed by atoms with E-state index in [1.54, 1.807) is 0 Å². The van der Waals surface area contributed by atoms with Gasteiger partial charge in [0.15, 0.2) is 0 Å². The average Bonchev–Trinajstić information content (AvgIpc) is 2.18. The number of hydrogen-bond donors (Lipinski definition) is 2. The molecule has 0 amide bonds. The molecule has 3 N–H and O–H groups in total. The minimum absolute atomic E-state index is 0.174. The Morgan fingerprint density at radius 1 is 1.50 bits per heavy atom. The SMILES string of the molecule is C=CCC(NN)c1cc(C)ccc1C. The zero-order valence-electron chi connectivity index (χ0n) is 8.88. The summed E-state index contributed by atoms with van der Waals surface area (Å²) in [6.07, 6.45) is 2.73. The van der Waals surface area contributed by atoms with Gasteiger partial charge in [0.2, 0.25) is 0 Å². The molecule has 0 radical (unpaired) electrons. The highest BCUT2D eigenvalue weighted by Gasteiger charge is 2.09. The first-order valence-corrected chi connectivity index (χ1v) is 4.83. The topological polar surface area (TPSA) is 38.0 Å². The van der Waals surface area contributed by atoms with Crippen molar-refractivity contribution in [2.75, 3.05) is 0 Å². The lowest BCUT2D eigenvalue weighted by atomic mass is 9.97. The van der Waals surface area contributed by atoms with Crippen molar-refractivity contribution < 1.29 is 0 Å². The van der Waals surface area contributed by atoms with Crippen LogP contribution in [0, 0.1) is 13.8 Å². The summed E-state index contributed by atoms with van der Waals surface area (Å²) in [5.74, 6) is 5.51. The van der Waals surface area contributed by atoms with Crippen LogP contribution in [0.15, 0.2) is 30.9 Å². The molecule has 1 rings (SSSR count). The lowest BCUT2D eigenvalue weighted by Gasteiger charge is -2.17. The van der Waals surface area contributed by atoms with E-state index in [2.05, 4.69) is 44.1 Å². The lowest BCUT2D eigenvalue weighted by Crippen LogP contribution is -2.28. The molecule has 1 unspecified atom stereocenters. The Bertz CT molecular complexity index is 318. The van der Waals surface area contributed by atoms with Gasteiger partial charge in [0, 0.05) is 6.04 Å². The largest absolute Gasteiger partial charge is 0.271 e. The van der Waals surface area contributed by atoms with Crippen LogP contribution in [0.1, 0.15) is 29.2 Å². The van der Waals surface area contributed by atoms with E-state index in [1.807, 2.05) is 6.08 Å². The maximum atomic E-state index is 5.51. The van der Waals surface area contributed by atoms with Crippen molar-refractivity contribution in [1.82, 2.24) is 5.43 Å². The molecule has 0 saturated carbocycles. The van der Waals surface area contributed by atoms with E-state index in [9.17, 15) is 0 Å². The van der Waals surface area contributed by atoms with Crippen LogP contribution in [0.4, 0.5) is 0 Å². The molecule has 1 aromatic carbocycles. The van der Waals surface area contributed by atoms with Crippen molar-refractivity contribution in [3.63, 3.8) is 0 Å². The second kappa shape index (κ2) is 4.94. The quantitative estimate of drug-likeness (QED) is 0.434. The van der Waals surface area contributed by atoms with E-state index < -0.39 is 0 Å². The maximum absolute atomic E-state index is 5.51. The number of nitrogens with one attached hydrogen (secondary N) is 1. The van der Waals surface area contributed by atoms with Gasteiger partial charge in [-0.2, -0.15) is 0 Å². The van der Waals surface area contributed by atoms with Crippen LogP contribution in [0.3, 0.4) is 0 Å². The van der Waals surface area contributed by atoms with Crippen LogP contribution in [0.5, 0.6) is 0 Å². The predicted octanol–water partition coefficient (Wildman–Crippen LogP) is 2.38. The van der Waals surface area contributed by atoms with E-state index in [0.717, 1.165) is 6.42 Å². The first-order valence-electron chi connectivity index (χ1n) is 4.83. The molecule has 2 heteroatoms. The summed E-state index contributed by atoms with van der Waals surface area (Å²) in [4.78, 5) is 0. The number of hydrazine groups is 1. The van der Waals surface area contributed by atoms with Gasteiger partial charge in [0.1, 0.15) is 0 Å². The van der Waals surface area contributed by atoms with Crippen molar-refractivity contribution in [3.8, 4) is 0 Å². The summed E-state index contributed by atoms with van der Waals surface area (Å²) >= 11 is 0. The Hall–Kier alpha value is -1.12. The molecule has 0 aliphatic rings. The standard InChI is InChI=1S/C12H18N2/c1-4-5-12(14-13)11-8-9(2)6-7-10(11)3/h4,6-8,12,14H,1,5,13H2,2-3H3. The first kappa shape index (κ1) is 11.0. The molecule has 0 aliphatic carbocycles. The van der Waals surface area contributed by atoms with Crippen LogP contribution >= 0.6 is 0 Å². The minimum Gasteiger partial charge on any atom is -0.271 e. The smallest absolute Gasteiger partial charge is 0.0496 e. The Morgan fingerprint density at radius 2 is 2.21 bits per heavy atom. The van der Waals surface area contributed by atoms with Crippen molar-refractivity contribution in [1.29, 1.82) is 0 Å². The number of hydrogen-bond acceptors (Lipinski definition) is 2. The van der Waals surface area contributed by atoms with Gasteiger partial charge in [-0.05, 0) is 31.4 Å². The Labute approximate surface area is 85.8 Å². The van der Waals surface area contributed by atoms with Crippen molar-refractivity contribution in [2.45, 2.75) is 26.3 Å². The van der Waals surface area contributed by atoms with E-state index >= 15 is 0 Å². The Balaban J connectivity index is 3.01. The summed E-state index contributed by atoms with van der Waals surface area (Å²) < 4.78 is 0. The summed E-state index contributed by atoms with van der Waals surface area (Å²) in [5.41, 5.74) is 6.60. The third-order valence-corrected chi connectivity index (χ3v) is 2.41. The van der Waals surface area contributed by atoms with Crippen LogP contribution in [-0.4, -0.2) is 0 Å². The highest BCUT2D eigenvalue weighted by Crippen LogP contribution is 2.21. The fraction of sp³-hybridized carbons (Fsp3) is 0.333. The number of benzene rings is 1. The normalized spacial score (nSPS) is 12.5. The minimum atomic E-state index is 0.174. The van der Waals surface area contributed by atoms with Gasteiger partial charge in [0.25, 0.3) is 0 Å². The van der Waals surface area contributed by atoms with Crippen molar-refractivity contribution in [3.05, 3.63) is 47.5 Å². The third-order valence-electron chi connectivity index (χ3n) is 2.41. The van der Waals surface area contributed by atoms with E-state index in [4.69, 9.17) is 5.84 Å². The Morgan fingerprint density at radius 3 is 2.79 bits per heavy atom. The second-order valence-corrected chi connectivity index (χ2v) is 3.60. The van der Waals surface area contributed by atoms with Gasteiger partial charge in [0.05, 0.1) is 0 Å². The number of nitrogens with two attached hydrogens (primary N) is 1. The molecule has 0 saturated heterocycles. The summed E-state index contributed by atoms with van der Waals surface area (Å²) in [5, 5.41) is 0. The highest BCUT2D eigenvalue weighted by molar-refractivity contribution is 5.33. The second-order valence-electron chi connectivity index (χ2n) is 3.60. The van der Waals surface area contributed by atoms with Gasteiger partial charge in [-0.25, -0.2) is 0 Å². The molecule has 0 spiro atoms. The van der Waals surface area contributed by atoms with Crippen LogP contribution in [0.2, 0.25) is 0 Å². The maximum Gasteiger partial charge on any atom is 0.0496 e. The van der Waals surface area contributed by atoms with E-state index in [0.29, 0.717) is 0 Å². The molecule has 0 aromatic heterocycles. The van der Waals surface area contributed by atoms with Crippen LogP contribution in [-0.2, 0) is 0 Å². The Kier molecular flexibility index (Phi) is 3.86. The molecule has 76 valence electrons. The fourth-order valence-electron chi connectivity index (χ4n) is 1.59. The molecule has 0 fully saturated rings. The third kappa shape index (κ3) is 2.44. The van der Waals surface area contributed by atoms with Gasteiger partial charge in [-0.1, -0.05) is 29.8 Å². The fourth-order valence-corrected chi connectivity index (χ4v) is 1.59. The van der Waals surface area contributed by atoms with Crippen LogP contribution in [0.25, 0.3) is 0 Å². The van der Waals surface area contributed by atoms with Crippen molar-refractivity contribution in [2.24, 2.45) is 5.84 Å². The molecule has 14 heavy (non-hydrogen) atoms. The zero-order valence-corrected chi connectivity index (χ0v) is 8.88. The number of aryl methyl sites for hydroxylation is 2. The summed E-state index contributed by atoms with van der Waals surface area (Å²) in [6, 6.07) is 6.58. The lowest BCUT2D eigenvalue weighted by molar-refractivity contribution is 0.558. The predicted molar refractivity (Wildman–Crippen MR) is 60.8 cm³/mol. The number of rotatable bonds is 4. The molecule has 0 bridgehead atoms. The molecule has 0 aliphatic heterocycles. The average molecular weight is 190 g/mol. The monoisotopic (exact) mass is 190 g/mol. The molecule has 0 heterocycles. The summed E-state index contributed by atoms with van der Waals surface area (Å²) in [6.45, 7) is 7.92. The molecular formula is C12H18N2. The van der Waals surface area contributed by atoms with Crippen molar-refractivity contribution >= 4 is 0 Å². The van der Waals surface area contributed by atoms with Crippen LogP contribution < -0.4 is 11.3 Å². The molecule has 2 nitrogen and oxygen atoms in total. The first-order chi connectivity index (χ1) is 6.69. The summed E-state index contributed by atoms with van der Waals surface area (Å²) in [7, 11) is 0. The van der Waals surface area contributed by atoms with Gasteiger partial charge >= 0.3 is 0 Å². The molecule has 1 aromatic rings. The van der Waals surface area contributed by atoms with Gasteiger partial charge in [-0.3, -0.25) is 11.3 Å². The van der Waals surface area contributed by atoms with Gasteiger partial charge < -0.3 is 0 Å². The molecule has 1 atom stereocenters.